The predicted molar refractivity (Wildman–Crippen MR) is 333 cm³/mol. The van der Waals surface area contributed by atoms with E-state index >= 15 is 0 Å². The molecule has 0 aliphatic rings. The van der Waals surface area contributed by atoms with E-state index in [9.17, 15) is 0 Å². The fraction of sp³-hybridized carbons (Fsp3) is 0. The van der Waals surface area contributed by atoms with Gasteiger partial charge in [0.15, 0.2) is 23.3 Å². The zero-order valence-corrected chi connectivity index (χ0v) is 44.4. The maximum Gasteiger partial charge on any atom is 0.164 e. The number of rotatable bonds is 9. The van der Waals surface area contributed by atoms with E-state index in [1.165, 1.54) is 62.5 Å². The van der Waals surface area contributed by atoms with Gasteiger partial charge in [-0.05, 0) is 102 Å². The zero-order chi connectivity index (χ0) is 52.7. The molecular weight excluding hydrogens is 1010 g/mol. The Labute approximate surface area is 467 Å². The molecule has 0 amide bonds. The SMILES string of the molecule is c1ccc(-c2cc(-c3ccccc3)nc(-c3ccc(-n4c5ccc(-c6ccc7c(c6)c6c8ccccc8sc6n7-c6ccc(-c7nc(-c8ccccc8)nc(-c8ccccc8)n7)cc6)cc5c5c6ccccc6sc54)cc3)n2)cc1. The van der Waals surface area contributed by atoms with Gasteiger partial charge in [0.25, 0.3) is 0 Å². The quantitative estimate of drug-likeness (QED) is 0.144. The number of hydrogen-bond donors (Lipinski definition) is 0. The molecule has 7 nitrogen and oxygen atoms in total. The van der Waals surface area contributed by atoms with E-state index in [0.29, 0.717) is 23.3 Å². The van der Waals surface area contributed by atoms with E-state index in [4.69, 9.17) is 24.9 Å². The molecule has 0 unspecified atom stereocenters. The van der Waals surface area contributed by atoms with Gasteiger partial charge in [-0.2, -0.15) is 0 Å². The van der Waals surface area contributed by atoms with Crippen molar-refractivity contribution >= 4 is 85.1 Å². The summed E-state index contributed by atoms with van der Waals surface area (Å²) in [5.74, 6) is 2.60. The molecule has 16 rings (SSSR count). The van der Waals surface area contributed by atoms with E-state index < -0.39 is 0 Å². The van der Waals surface area contributed by atoms with Crippen LogP contribution >= 0.6 is 22.7 Å². The van der Waals surface area contributed by atoms with Crippen LogP contribution < -0.4 is 0 Å². The lowest BCUT2D eigenvalue weighted by Crippen LogP contribution is -2.00. The Kier molecular flexibility index (Phi) is 10.8. The topological polar surface area (TPSA) is 74.3 Å². The lowest BCUT2D eigenvalue weighted by molar-refractivity contribution is 1.07. The molecule has 80 heavy (non-hydrogen) atoms. The monoisotopic (exact) mass is 1060 g/mol. The largest absolute Gasteiger partial charge is 0.301 e. The molecule has 6 heterocycles. The molecule has 9 heteroatoms. The number of aromatic nitrogens is 7. The Morgan fingerprint density at radius 3 is 0.975 bits per heavy atom. The first kappa shape index (κ1) is 46.0. The van der Waals surface area contributed by atoms with Gasteiger partial charge in [-0.25, -0.2) is 24.9 Å². The molecule has 0 spiro atoms. The number of hydrogen-bond acceptors (Lipinski definition) is 7. The minimum absolute atomic E-state index is 0.630. The van der Waals surface area contributed by atoms with Gasteiger partial charge in [-0.3, -0.25) is 0 Å². The summed E-state index contributed by atoms with van der Waals surface area (Å²) in [6.45, 7) is 0. The van der Waals surface area contributed by atoms with Crippen LogP contribution in [-0.2, 0) is 0 Å². The third-order valence-electron chi connectivity index (χ3n) is 15.2. The zero-order valence-electron chi connectivity index (χ0n) is 42.8. The summed E-state index contributed by atoms with van der Waals surface area (Å²) in [6, 6.07) is 92.1. The lowest BCUT2D eigenvalue weighted by Gasteiger charge is -2.11. The average Bonchev–Trinajstić information content (AvgIpc) is 4.48. The Morgan fingerprint density at radius 1 is 0.250 bits per heavy atom. The molecule has 10 aromatic carbocycles. The van der Waals surface area contributed by atoms with E-state index in [1.54, 1.807) is 0 Å². The first-order chi connectivity index (χ1) is 39.6. The third kappa shape index (κ3) is 7.74. The highest BCUT2D eigenvalue weighted by Crippen LogP contribution is 2.46. The van der Waals surface area contributed by atoms with Gasteiger partial charge < -0.3 is 9.13 Å². The van der Waals surface area contributed by atoms with Gasteiger partial charge in [0.05, 0.1) is 22.4 Å². The van der Waals surface area contributed by atoms with Crippen LogP contribution in [-0.4, -0.2) is 34.1 Å². The van der Waals surface area contributed by atoms with Crippen molar-refractivity contribution in [2.24, 2.45) is 0 Å². The van der Waals surface area contributed by atoms with Gasteiger partial charge in [-0.15, -0.1) is 22.7 Å². The van der Waals surface area contributed by atoms with Gasteiger partial charge in [0, 0.05) is 86.5 Å². The van der Waals surface area contributed by atoms with Crippen molar-refractivity contribution < 1.29 is 0 Å². The second-order valence-electron chi connectivity index (χ2n) is 20.0. The summed E-state index contributed by atoms with van der Waals surface area (Å²) in [6.07, 6.45) is 0. The highest BCUT2D eigenvalue weighted by molar-refractivity contribution is 7.26. The molecule has 0 N–H and O–H groups in total. The van der Waals surface area contributed by atoms with Crippen LogP contribution in [0.2, 0.25) is 0 Å². The second-order valence-corrected chi connectivity index (χ2v) is 22.1. The van der Waals surface area contributed by atoms with Gasteiger partial charge in [0.2, 0.25) is 0 Å². The number of thiophene rings is 2. The van der Waals surface area contributed by atoms with Crippen LogP contribution in [0.25, 0.3) is 153 Å². The van der Waals surface area contributed by atoms with Crippen molar-refractivity contribution in [1.29, 1.82) is 0 Å². The molecule has 0 saturated carbocycles. The molecule has 6 aromatic heterocycles. The molecule has 16 aromatic rings. The summed E-state index contributed by atoms with van der Waals surface area (Å²) in [4.78, 5) is 27.7. The molecule has 374 valence electrons. The molecule has 0 aliphatic carbocycles. The summed E-state index contributed by atoms with van der Waals surface area (Å²) in [7, 11) is 0. The molecular formula is C71H43N7S2. The van der Waals surface area contributed by atoms with Crippen LogP contribution in [0.3, 0.4) is 0 Å². The van der Waals surface area contributed by atoms with E-state index in [0.717, 1.165) is 67.2 Å². The Bertz CT molecular complexity index is 4590. The maximum atomic E-state index is 5.14. The van der Waals surface area contributed by atoms with Crippen molar-refractivity contribution in [3.05, 3.63) is 261 Å². The number of nitrogens with zero attached hydrogens (tertiary/aromatic N) is 7. The van der Waals surface area contributed by atoms with Crippen molar-refractivity contribution in [2.75, 3.05) is 0 Å². The molecule has 0 aliphatic heterocycles. The van der Waals surface area contributed by atoms with E-state index in [1.807, 2.05) is 95.5 Å². The molecule has 0 radical (unpaired) electrons. The normalized spacial score (nSPS) is 11.8. The van der Waals surface area contributed by atoms with Gasteiger partial charge >= 0.3 is 0 Å². The summed E-state index contributed by atoms with van der Waals surface area (Å²) in [5.41, 5.74) is 14.5. The third-order valence-corrected chi connectivity index (χ3v) is 17.6. The second kappa shape index (κ2) is 18.8. The van der Waals surface area contributed by atoms with Crippen LogP contribution in [0.4, 0.5) is 0 Å². The summed E-state index contributed by atoms with van der Waals surface area (Å²) < 4.78 is 7.38. The van der Waals surface area contributed by atoms with E-state index in [-0.39, 0.29) is 0 Å². The molecule has 0 fully saturated rings. The average molecular weight is 1060 g/mol. The number of fused-ring (bicyclic) bond motifs is 10. The Morgan fingerprint density at radius 2 is 0.575 bits per heavy atom. The smallest absolute Gasteiger partial charge is 0.164 e. The minimum atomic E-state index is 0.630. The molecule has 0 atom stereocenters. The molecule has 0 bridgehead atoms. The van der Waals surface area contributed by atoms with Crippen molar-refractivity contribution in [3.8, 4) is 90.6 Å². The number of benzene rings is 10. The van der Waals surface area contributed by atoms with Crippen LogP contribution in [0.5, 0.6) is 0 Å². The highest BCUT2D eigenvalue weighted by Gasteiger charge is 2.22. The Balaban J connectivity index is 0.799. The predicted octanol–water partition coefficient (Wildman–Crippen LogP) is 19.0. The van der Waals surface area contributed by atoms with E-state index in [2.05, 4.69) is 197 Å². The van der Waals surface area contributed by atoms with Gasteiger partial charge in [0.1, 0.15) is 9.66 Å². The Hall–Kier alpha value is -10.2. The van der Waals surface area contributed by atoms with Crippen molar-refractivity contribution in [1.82, 2.24) is 34.1 Å². The van der Waals surface area contributed by atoms with Crippen LogP contribution in [0, 0.1) is 0 Å². The van der Waals surface area contributed by atoms with Crippen LogP contribution in [0.15, 0.2) is 261 Å². The fourth-order valence-corrected chi connectivity index (χ4v) is 13.9. The highest BCUT2D eigenvalue weighted by atomic mass is 32.1. The summed E-state index contributed by atoms with van der Waals surface area (Å²) >= 11 is 3.68. The van der Waals surface area contributed by atoms with Crippen LogP contribution in [0.1, 0.15) is 0 Å². The van der Waals surface area contributed by atoms with Gasteiger partial charge in [-0.1, -0.05) is 170 Å². The van der Waals surface area contributed by atoms with Crippen molar-refractivity contribution in [3.63, 3.8) is 0 Å². The first-order valence-electron chi connectivity index (χ1n) is 26.6. The molecule has 0 saturated heterocycles. The standard InChI is InChI=1S/C71H43N7S2/c1-5-17-44(18-6-1)58-43-59(45-19-7-2-8-20-45)73-66(72-58)48-29-35-52(36-30-48)77-60-39-33-50(41-56(60)64-54-25-13-15-27-62(54)79-70(64)77)51-34-40-61-57(42-51)65-55-26-14-16-28-63(55)80-71(65)78(61)53-37-31-49(32-38-53)69-75-67(46-21-9-3-10-22-46)74-68(76-69)47-23-11-4-12-24-47/h1-43H. The minimum Gasteiger partial charge on any atom is -0.301 e. The lowest BCUT2D eigenvalue weighted by atomic mass is 10.00. The van der Waals surface area contributed by atoms with Crippen molar-refractivity contribution in [2.45, 2.75) is 0 Å². The summed E-state index contributed by atoms with van der Waals surface area (Å²) in [5, 5.41) is 7.49. The first-order valence-corrected chi connectivity index (χ1v) is 28.3. The fourth-order valence-electron chi connectivity index (χ4n) is 11.4. The maximum absolute atomic E-state index is 5.14.